The highest BCUT2D eigenvalue weighted by atomic mass is 19.1. The summed E-state index contributed by atoms with van der Waals surface area (Å²) in [6.45, 7) is 0.666. The Balaban J connectivity index is 1.57. The lowest BCUT2D eigenvalue weighted by Crippen LogP contribution is -2.04. The molecule has 3 aromatic rings. The maximum Gasteiger partial charge on any atom is 0.231 e. The van der Waals surface area contributed by atoms with Gasteiger partial charge in [0.05, 0.1) is 12.6 Å². The van der Waals surface area contributed by atoms with E-state index in [0.29, 0.717) is 18.0 Å². The summed E-state index contributed by atoms with van der Waals surface area (Å²) in [4.78, 5) is 0. The number of methoxy groups -OCH3 is 1. The molecular formula is C25H18FN3O3. The van der Waals surface area contributed by atoms with Crippen molar-refractivity contribution in [3.8, 4) is 39.8 Å². The molecule has 0 aromatic heterocycles. The van der Waals surface area contributed by atoms with Crippen molar-refractivity contribution in [3.63, 3.8) is 0 Å². The van der Waals surface area contributed by atoms with Gasteiger partial charge >= 0.3 is 0 Å². The SMILES string of the molecule is COc1ccc(-c2nnc3c4cc5c(cc4n(Cc4cccc(F)c4)cc2-3)OCO5)cc1. The number of halogens is 1. The number of fused-ring (bicyclic) bond motifs is 4. The minimum absolute atomic E-state index is 0.183. The van der Waals surface area contributed by atoms with Gasteiger partial charge < -0.3 is 18.8 Å². The van der Waals surface area contributed by atoms with Gasteiger partial charge in [-0.2, -0.15) is 0 Å². The maximum atomic E-state index is 13.8. The molecule has 3 aromatic carbocycles. The smallest absolute Gasteiger partial charge is 0.231 e. The van der Waals surface area contributed by atoms with Gasteiger partial charge in [-0.05, 0) is 48.0 Å². The van der Waals surface area contributed by atoms with Crippen molar-refractivity contribution < 1.29 is 18.6 Å². The van der Waals surface area contributed by atoms with Crippen molar-refractivity contribution in [1.29, 1.82) is 0 Å². The minimum atomic E-state index is -0.262. The van der Waals surface area contributed by atoms with Gasteiger partial charge in [0, 0.05) is 35.3 Å². The topological polar surface area (TPSA) is 58.4 Å². The van der Waals surface area contributed by atoms with Gasteiger partial charge in [-0.3, -0.25) is 0 Å². The Labute approximate surface area is 183 Å². The Hall–Kier alpha value is -4.13. The molecule has 3 heterocycles. The zero-order valence-corrected chi connectivity index (χ0v) is 17.2. The molecule has 0 unspecified atom stereocenters. The van der Waals surface area contributed by atoms with Gasteiger partial charge in [-0.15, -0.1) is 10.2 Å². The van der Waals surface area contributed by atoms with Gasteiger partial charge in [-0.1, -0.05) is 12.1 Å². The van der Waals surface area contributed by atoms with Crippen molar-refractivity contribution in [1.82, 2.24) is 14.8 Å². The van der Waals surface area contributed by atoms with Crippen LogP contribution in [0, 0.1) is 5.82 Å². The molecule has 0 fully saturated rings. The van der Waals surface area contributed by atoms with E-state index in [1.165, 1.54) is 6.07 Å². The largest absolute Gasteiger partial charge is 0.497 e. The van der Waals surface area contributed by atoms with Crippen LogP contribution in [0.15, 0.2) is 66.9 Å². The molecular weight excluding hydrogens is 409 g/mol. The standard InChI is InChI=1S/C25H18FN3O3/c1-30-18-7-5-16(6-8-18)24-20-13-29(12-15-3-2-4-17(26)9-15)21-11-23-22(31-14-32-23)10-19(21)25(20)28-27-24/h2-11,13H,12,14H2,1H3. The number of benzene rings is 3. The van der Waals surface area contributed by atoms with Crippen LogP contribution in [0.3, 0.4) is 0 Å². The summed E-state index contributed by atoms with van der Waals surface area (Å²) in [5.41, 5.74) is 5.15. The molecule has 0 bridgehead atoms. The molecule has 0 aliphatic carbocycles. The average molecular weight is 427 g/mol. The van der Waals surface area contributed by atoms with Crippen molar-refractivity contribution in [3.05, 3.63) is 78.2 Å². The van der Waals surface area contributed by atoms with Crippen LogP contribution >= 0.6 is 0 Å². The molecule has 0 spiro atoms. The maximum absolute atomic E-state index is 13.8. The van der Waals surface area contributed by atoms with E-state index in [2.05, 4.69) is 14.8 Å². The second-order valence-corrected chi connectivity index (χ2v) is 7.65. The number of nitrogens with zero attached hydrogens (tertiary/aromatic N) is 3. The number of rotatable bonds is 4. The second-order valence-electron chi connectivity index (χ2n) is 7.65. The summed E-state index contributed by atoms with van der Waals surface area (Å²) < 4.78 is 32.4. The first-order chi connectivity index (χ1) is 15.7. The van der Waals surface area contributed by atoms with Crippen molar-refractivity contribution in [2.75, 3.05) is 13.9 Å². The zero-order valence-electron chi connectivity index (χ0n) is 17.2. The molecule has 32 heavy (non-hydrogen) atoms. The summed E-state index contributed by atoms with van der Waals surface area (Å²) in [5.74, 6) is 1.87. The number of hydrogen-bond acceptors (Lipinski definition) is 5. The highest BCUT2D eigenvalue weighted by Gasteiger charge is 2.24. The van der Waals surface area contributed by atoms with Crippen LogP contribution < -0.4 is 14.2 Å². The summed E-state index contributed by atoms with van der Waals surface area (Å²) in [6, 6.07) is 18.2. The van der Waals surface area contributed by atoms with E-state index < -0.39 is 0 Å². The Bertz CT molecular complexity index is 1430. The molecule has 7 heteroatoms. The lowest BCUT2D eigenvalue weighted by molar-refractivity contribution is 0.174. The van der Waals surface area contributed by atoms with E-state index in [1.807, 2.05) is 48.7 Å². The minimum Gasteiger partial charge on any atom is -0.497 e. The van der Waals surface area contributed by atoms with E-state index in [9.17, 15) is 4.39 Å². The molecule has 6 rings (SSSR count). The molecule has 6 nitrogen and oxygen atoms in total. The fourth-order valence-corrected chi connectivity index (χ4v) is 4.15. The highest BCUT2D eigenvalue weighted by molar-refractivity contribution is 5.99. The van der Waals surface area contributed by atoms with Crippen molar-refractivity contribution in [2.24, 2.45) is 0 Å². The van der Waals surface area contributed by atoms with Crippen LogP contribution in [0.4, 0.5) is 4.39 Å². The summed E-state index contributed by atoms with van der Waals surface area (Å²) in [7, 11) is 1.64. The predicted molar refractivity (Wildman–Crippen MR) is 118 cm³/mol. The monoisotopic (exact) mass is 427 g/mol. The molecule has 0 N–H and O–H groups in total. The van der Waals surface area contributed by atoms with E-state index >= 15 is 0 Å². The third-order valence-corrected chi connectivity index (χ3v) is 5.71. The quantitative estimate of drug-likeness (QED) is 0.398. The fraction of sp³-hybridized carbons (Fsp3) is 0.120. The van der Waals surface area contributed by atoms with Crippen LogP contribution in [-0.2, 0) is 6.54 Å². The summed E-state index contributed by atoms with van der Waals surface area (Å²) in [6.07, 6.45) is 2.02. The molecule has 158 valence electrons. The number of hydrogen-bond donors (Lipinski definition) is 0. The third kappa shape index (κ3) is 3.01. The van der Waals surface area contributed by atoms with Crippen LogP contribution in [-0.4, -0.2) is 28.7 Å². The first-order valence-electron chi connectivity index (χ1n) is 10.2. The zero-order chi connectivity index (χ0) is 21.7. The Morgan fingerprint density at radius 2 is 1.75 bits per heavy atom. The van der Waals surface area contributed by atoms with Crippen LogP contribution in [0.2, 0.25) is 0 Å². The van der Waals surface area contributed by atoms with Crippen molar-refractivity contribution in [2.45, 2.75) is 6.54 Å². The van der Waals surface area contributed by atoms with Gasteiger partial charge in [0.25, 0.3) is 0 Å². The van der Waals surface area contributed by atoms with Crippen LogP contribution in [0.25, 0.3) is 33.4 Å². The molecule has 3 aliphatic heterocycles. The Morgan fingerprint density at radius 1 is 0.969 bits per heavy atom. The highest BCUT2D eigenvalue weighted by Crippen LogP contribution is 2.42. The molecule has 3 aliphatic rings. The molecule has 0 amide bonds. The van der Waals surface area contributed by atoms with E-state index in [1.54, 1.807) is 19.2 Å². The van der Waals surface area contributed by atoms with Crippen molar-refractivity contribution >= 4 is 10.9 Å². The first kappa shape index (κ1) is 18.6. The van der Waals surface area contributed by atoms with Crippen LogP contribution in [0.1, 0.15) is 5.56 Å². The third-order valence-electron chi connectivity index (χ3n) is 5.71. The number of pyridine rings is 1. The lowest BCUT2D eigenvalue weighted by atomic mass is 10.0. The fourth-order valence-electron chi connectivity index (χ4n) is 4.15. The van der Waals surface area contributed by atoms with Gasteiger partial charge in [0.1, 0.15) is 23.0 Å². The van der Waals surface area contributed by atoms with E-state index in [-0.39, 0.29) is 12.6 Å². The van der Waals surface area contributed by atoms with Gasteiger partial charge in [0.15, 0.2) is 11.5 Å². The summed E-state index contributed by atoms with van der Waals surface area (Å²) in [5, 5.41) is 9.89. The number of ether oxygens (including phenoxy) is 3. The van der Waals surface area contributed by atoms with Gasteiger partial charge in [-0.25, -0.2) is 4.39 Å². The first-order valence-corrected chi connectivity index (χ1v) is 10.2. The average Bonchev–Trinajstić information content (AvgIpc) is 3.44. The second kappa shape index (κ2) is 7.23. The molecule has 0 saturated carbocycles. The Kier molecular flexibility index (Phi) is 4.21. The molecule has 0 atom stereocenters. The summed E-state index contributed by atoms with van der Waals surface area (Å²) >= 11 is 0. The predicted octanol–water partition coefficient (Wildman–Crippen LogP) is 5.13. The number of aromatic nitrogens is 3. The molecule has 0 radical (unpaired) electrons. The lowest BCUT2D eigenvalue weighted by Gasteiger charge is -2.16. The van der Waals surface area contributed by atoms with Crippen LogP contribution in [0.5, 0.6) is 17.2 Å². The molecule has 0 saturated heterocycles. The van der Waals surface area contributed by atoms with Gasteiger partial charge in [0.2, 0.25) is 6.79 Å². The van der Waals surface area contributed by atoms with E-state index in [0.717, 1.165) is 44.7 Å². The van der Waals surface area contributed by atoms with E-state index in [4.69, 9.17) is 14.2 Å². The normalized spacial score (nSPS) is 12.6. The Morgan fingerprint density at radius 3 is 2.53 bits per heavy atom.